The number of rotatable bonds is 3. The minimum absolute atomic E-state index is 0.0274. The molecular weight excluding hydrogens is 362 g/mol. The lowest BCUT2D eigenvalue weighted by Gasteiger charge is -2.33. The minimum Gasteiger partial charge on any atom is -0.342 e. The number of hydrogen-bond donors (Lipinski definition) is 0. The van der Waals surface area contributed by atoms with Crippen molar-refractivity contribution in [2.45, 2.75) is 25.7 Å². The molecule has 5 heteroatoms. The molecule has 148 valence electrons. The van der Waals surface area contributed by atoms with Gasteiger partial charge >= 0.3 is 0 Å². The highest BCUT2D eigenvalue weighted by atomic mass is 16.2. The first-order valence-electron chi connectivity index (χ1n) is 10.4. The van der Waals surface area contributed by atoms with Gasteiger partial charge in [0.15, 0.2) is 0 Å². The van der Waals surface area contributed by atoms with Crippen molar-refractivity contribution in [2.75, 3.05) is 26.2 Å². The Morgan fingerprint density at radius 1 is 0.828 bits per heavy atom. The molecule has 0 aliphatic carbocycles. The average molecular weight is 387 g/mol. The van der Waals surface area contributed by atoms with Gasteiger partial charge in [-0.25, -0.2) is 0 Å². The standard InChI is InChI=1S/C24H25N3O2/c25-17-19-7-1-2-8-20(19)21-9-3-4-10-22(21)24(29)27-15-11-18(12-16-27)23(28)26-13-5-6-14-26/h1-4,7-10,18H,5-6,11-16H2. The molecule has 2 aliphatic rings. The summed E-state index contributed by atoms with van der Waals surface area (Å²) >= 11 is 0. The zero-order valence-corrected chi connectivity index (χ0v) is 16.5. The summed E-state index contributed by atoms with van der Waals surface area (Å²) in [7, 11) is 0. The van der Waals surface area contributed by atoms with Crippen LogP contribution in [-0.2, 0) is 4.79 Å². The quantitative estimate of drug-likeness (QED) is 0.807. The summed E-state index contributed by atoms with van der Waals surface area (Å²) in [5.41, 5.74) is 2.73. The SMILES string of the molecule is N#Cc1ccccc1-c1ccccc1C(=O)N1CCC(C(=O)N2CCCC2)CC1. The minimum atomic E-state index is -0.0274. The number of amides is 2. The lowest BCUT2D eigenvalue weighted by molar-refractivity contribution is -0.135. The number of benzene rings is 2. The monoisotopic (exact) mass is 387 g/mol. The smallest absolute Gasteiger partial charge is 0.254 e. The fraction of sp³-hybridized carbons (Fsp3) is 0.375. The van der Waals surface area contributed by atoms with Crippen LogP contribution in [0.4, 0.5) is 0 Å². The number of nitrogens with zero attached hydrogens (tertiary/aromatic N) is 3. The molecule has 0 spiro atoms. The van der Waals surface area contributed by atoms with E-state index in [1.165, 1.54) is 0 Å². The van der Waals surface area contributed by atoms with E-state index in [0.717, 1.165) is 49.9 Å². The van der Waals surface area contributed by atoms with E-state index in [1.807, 2.05) is 52.3 Å². The molecule has 0 N–H and O–H groups in total. The highest BCUT2D eigenvalue weighted by molar-refractivity contribution is 6.01. The molecule has 0 atom stereocenters. The maximum atomic E-state index is 13.3. The van der Waals surface area contributed by atoms with Crippen molar-refractivity contribution in [3.8, 4) is 17.2 Å². The summed E-state index contributed by atoms with van der Waals surface area (Å²) in [6.45, 7) is 2.95. The summed E-state index contributed by atoms with van der Waals surface area (Å²) < 4.78 is 0. The van der Waals surface area contributed by atoms with E-state index in [9.17, 15) is 14.9 Å². The molecule has 2 heterocycles. The number of likely N-dealkylation sites (tertiary alicyclic amines) is 2. The maximum Gasteiger partial charge on any atom is 0.254 e. The van der Waals surface area contributed by atoms with Crippen LogP contribution in [0.3, 0.4) is 0 Å². The Kier molecular flexibility index (Phi) is 5.62. The predicted octanol–water partition coefficient (Wildman–Crippen LogP) is 3.70. The van der Waals surface area contributed by atoms with Crippen molar-refractivity contribution in [2.24, 2.45) is 5.92 Å². The second-order valence-corrected chi connectivity index (χ2v) is 7.80. The van der Waals surface area contributed by atoms with Crippen molar-refractivity contribution in [3.05, 3.63) is 59.7 Å². The first kappa shape index (κ1) is 19.2. The van der Waals surface area contributed by atoms with E-state index in [2.05, 4.69) is 6.07 Å². The van der Waals surface area contributed by atoms with Crippen LogP contribution in [0.15, 0.2) is 48.5 Å². The van der Waals surface area contributed by atoms with E-state index < -0.39 is 0 Å². The Hall–Kier alpha value is -3.13. The van der Waals surface area contributed by atoms with Crippen LogP contribution in [0.2, 0.25) is 0 Å². The lowest BCUT2D eigenvalue weighted by Crippen LogP contribution is -2.43. The van der Waals surface area contributed by atoms with Crippen molar-refractivity contribution in [1.82, 2.24) is 9.80 Å². The molecule has 0 radical (unpaired) electrons. The molecule has 2 fully saturated rings. The van der Waals surface area contributed by atoms with Gasteiger partial charge < -0.3 is 9.80 Å². The summed E-state index contributed by atoms with van der Waals surface area (Å²) in [6, 6.07) is 17.0. The number of hydrogen-bond acceptors (Lipinski definition) is 3. The van der Waals surface area contributed by atoms with Gasteiger partial charge in [0.2, 0.25) is 5.91 Å². The van der Waals surface area contributed by atoms with E-state index in [-0.39, 0.29) is 17.7 Å². The number of nitriles is 1. The Balaban J connectivity index is 1.50. The molecule has 0 aromatic heterocycles. The summed E-state index contributed by atoms with van der Waals surface area (Å²) in [5.74, 6) is 0.269. The largest absolute Gasteiger partial charge is 0.342 e. The van der Waals surface area contributed by atoms with Crippen LogP contribution < -0.4 is 0 Å². The molecule has 0 saturated carbocycles. The number of carbonyl (C=O) groups excluding carboxylic acids is 2. The van der Waals surface area contributed by atoms with Crippen LogP contribution in [0.25, 0.3) is 11.1 Å². The molecule has 2 saturated heterocycles. The normalized spacial score (nSPS) is 17.2. The third-order valence-corrected chi connectivity index (χ3v) is 6.04. The van der Waals surface area contributed by atoms with E-state index in [1.54, 1.807) is 6.07 Å². The molecular formula is C24H25N3O2. The first-order valence-corrected chi connectivity index (χ1v) is 10.4. The molecule has 5 nitrogen and oxygen atoms in total. The Labute approximate surface area is 171 Å². The Morgan fingerprint density at radius 2 is 1.45 bits per heavy atom. The lowest BCUT2D eigenvalue weighted by atomic mass is 9.92. The zero-order valence-electron chi connectivity index (χ0n) is 16.5. The van der Waals surface area contributed by atoms with Gasteiger partial charge in [0.1, 0.15) is 0 Å². The van der Waals surface area contributed by atoms with Crippen LogP contribution in [0.1, 0.15) is 41.6 Å². The molecule has 2 aromatic carbocycles. The van der Waals surface area contributed by atoms with Gasteiger partial charge in [-0.3, -0.25) is 9.59 Å². The van der Waals surface area contributed by atoms with Gasteiger partial charge in [0.25, 0.3) is 5.91 Å². The third kappa shape index (κ3) is 3.88. The van der Waals surface area contributed by atoms with Gasteiger partial charge in [-0.15, -0.1) is 0 Å². The molecule has 4 rings (SSSR count). The topological polar surface area (TPSA) is 64.4 Å². The molecule has 2 aromatic rings. The summed E-state index contributed by atoms with van der Waals surface area (Å²) in [6.07, 6.45) is 3.64. The second-order valence-electron chi connectivity index (χ2n) is 7.80. The first-order chi connectivity index (χ1) is 14.2. The fourth-order valence-electron chi connectivity index (χ4n) is 4.42. The molecule has 2 amide bonds. The average Bonchev–Trinajstić information content (AvgIpc) is 3.33. The molecule has 2 aliphatic heterocycles. The summed E-state index contributed by atoms with van der Waals surface area (Å²) in [4.78, 5) is 29.8. The van der Waals surface area contributed by atoms with Crippen LogP contribution in [-0.4, -0.2) is 47.8 Å². The van der Waals surface area contributed by atoms with Crippen molar-refractivity contribution < 1.29 is 9.59 Å². The van der Waals surface area contributed by atoms with Crippen LogP contribution in [0.5, 0.6) is 0 Å². The van der Waals surface area contributed by atoms with Gasteiger partial charge in [-0.2, -0.15) is 5.26 Å². The Morgan fingerprint density at radius 3 is 2.14 bits per heavy atom. The molecule has 29 heavy (non-hydrogen) atoms. The summed E-state index contributed by atoms with van der Waals surface area (Å²) in [5, 5.41) is 9.45. The van der Waals surface area contributed by atoms with E-state index >= 15 is 0 Å². The zero-order chi connectivity index (χ0) is 20.2. The highest BCUT2D eigenvalue weighted by Crippen LogP contribution is 2.29. The van der Waals surface area contributed by atoms with Crippen LogP contribution >= 0.6 is 0 Å². The van der Waals surface area contributed by atoms with E-state index in [4.69, 9.17) is 0 Å². The maximum absolute atomic E-state index is 13.3. The molecule has 0 bridgehead atoms. The highest BCUT2D eigenvalue weighted by Gasteiger charge is 2.32. The van der Waals surface area contributed by atoms with Gasteiger partial charge in [0.05, 0.1) is 11.6 Å². The fourth-order valence-corrected chi connectivity index (χ4v) is 4.42. The van der Waals surface area contributed by atoms with Gasteiger partial charge in [0, 0.05) is 43.2 Å². The second kappa shape index (κ2) is 8.48. The van der Waals surface area contributed by atoms with Crippen molar-refractivity contribution in [1.29, 1.82) is 5.26 Å². The van der Waals surface area contributed by atoms with Crippen molar-refractivity contribution >= 4 is 11.8 Å². The van der Waals surface area contributed by atoms with Gasteiger partial charge in [-0.05, 0) is 43.4 Å². The van der Waals surface area contributed by atoms with Gasteiger partial charge in [-0.1, -0.05) is 36.4 Å². The Bertz CT molecular complexity index is 949. The van der Waals surface area contributed by atoms with Crippen LogP contribution in [0, 0.1) is 17.2 Å². The molecule has 0 unspecified atom stereocenters. The van der Waals surface area contributed by atoms with E-state index in [0.29, 0.717) is 24.2 Å². The predicted molar refractivity (Wildman–Crippen MR) is 111 cm³/mol. The number of piperidine rings is 1. The van der Waals surface area contributed by atoms with Crippen molar-refractivity contribution in [3.63, 3.8) is 0 Å². The number of carbonyl (C=O) groups is 2. The third-order valence-electron chi connectivity index (χ3n) is 6.04.